The molecule has 0 aliphatic carbocycles. The minimum absolute atomic E-state index is 0.759. The van der Waals surface area contributed by atoms with Crippen molar-refractivity contribution in [1.82, 2.24) is 9.97 Å². The average molecular weight is 230 g/mol. The first-order chi connectivity index (χ1) is 8.33. The van der Waals surface area contributed by atoms with Gasteiger partial charge in [0.05, 0.1) is 0 Å². The number of hydrogen-bond acceptors (Lipinski definition) is 4. The molecule has 0 saturated carbocycles. The quantitative estimate of drug-likeness (QED) is 0.850. The van der Waals surface area contributed by atoms with Crippen LogP contribution in [0.25, 0.3) is 0 Å². The largest absolute Gasteiger partial charge is 0.399 e. The molecule has 2 aromatic heterocycles. The Hall–Kier alpha value is -2.10. The smallest absolute Gasteiger partial charge is 0.0371 e. The van der Waals surface area contributed by atoms with Crippen LogP contribution in [-0.2, 0) is 0 Å². The number of aromatic nitrogens is 2. The highest BCUT2D eigenvalue weighted by atomic mass is 14.9. The third-order valence-corrected chi connectivity index (χ3v) is 1.97. The van der Waals surface area contributed by atoms with Crippen LogP contribution >= 0.6 is 0 Å². The Labute approximate surface area is 102 Å². The summed E-state index contributed by atoms with van der Waals surface area (Å²) in [5.74, 6) is 0. The zero-order chi connectivity index (χ0) is 12.3. The summed E-state index contributed by atoms with van der Waals surface area (Å²) in [6.45, 7) is 3.18. The molecule has 0 atom stereocenters. The van der Waals surface area contributed by atoms with Crippen LogP contribution in [0.5, 0.6) is 0 Å². The molecule has 0 aromatic carbocycles. The second-order valence-corrected chi connectivity index (χ2v) is 3.44. The number of pyridine rings is 2. The molecule has 0 bridgehead atoms. The van der Waals surface area contributed by atoms with Gasteiger partial charge in [-0.15, -0.1) is 0 Å². The number of hydrogen-bond donors (Lipinski definition) is 2. The number of rotatable bonds is 3. The van der Waals surface area contributed by atoms with Crippen molar-refractivity contribution < 1.29 is 0 Å². The fourth-order valence-electron chi connectivity index (χ4n) is 1.10. The van der Waals surface area contributed by atoms with E-state index in [0.29, 0.717) is 0 Å². The highest BCUT2D eigenvalue weighted by Crippen LogP contribution is 2.01. The standard InChI is InChI=1S/C8H12N2.C5H6N2/c1-2-5-10-8-3-6-9-7-4-8;6-5-1-3-7-4-2-5/h3-4,6-7H,2,5H2,1H3,(H,9,10);1-4H,(H2,6,7). The minimum Gasteiger partial charge on any atom is -0.399 e. The van der Waals surface area contributed by atoms with Crippen molar-refractivity contribution in [3.63, 3.8) is 0 Å². The molecule has 2 rings (SSSR count). The van der Waals surface area contributed by atoms with Crippen molar-refractivity contribution in [1.29, 1.82) is 0 Å². The van der Waals surface area contributed by atoms with Crippen LogP contribution in [0.4, 0.5) is 11.4 Å². The normalized spacial score (nSPS) is 9.00. The number of nitrogens with one attached hydrogen (secondary N) is 1. The maximum Gasteiger partial charge on any atom is 0.0371 e. The highest BCUT2D eigenvalue weighted by molar-refractivity contribution is 5.40. The van der Waals surface area contributed by atoms with Crippen molar-refractivity contribution in [3.05, 3.63) is 49.1 Å². The number of nitrogens with two attached hydrogens (primary N) is 1. The van der Waals surface area contributed by atoms with Gasteiger partial charge in [-0.25, -0.2) is 0 Å². The highest BCUT2D eigenvalue weighted by Gasteiger charge is 1.84. The maximum atomic E-state index is 5.32. The van der Waals surface area contributed by atoms with Gasteiger partial charge < -0.3 is 11.1 Å². The Balaban J connectivity index is 0.000000181. The first-order valence-electron chi connectivity index (χ1n) is 5.62. The summed E-state index contributed by atoms with van der Waals surface area (Å²) in [6.07, 6.45) is 8.06. The van der Waals surface area contributed by atoms with Gasteiger partial charge in [0.25, 0.3) is 0 Å². The Kier molecular flexibility index (Phi) is 6.18. The molecular formula is C13H18N4. The molecule has 3 N–H and O–H groups in total. The van der Waals surface area contributed by atoms with Gasteiger partial charge >= 0.3 is 0 Å². The maximum absolute atomic E-state index is 5.32. The van der Waals surface area contributed by atoms with Gasteiger partial charge in [0.15, 0.2) is 0 Å². The Morgan fingerprint density at radius 1 is 1.00 bits per heavy atom. The van der Waals surface area contributed by atoms with Crippen LogP contribution < -0.4 is 11.1 Å². The van der Waals surface area contributed by atoms with Gasteiger partial charge in [-0.1, -0.05) is 6.92 Å². The summed E-state index contributed by atoms with van der Waals surface area (Å²) in [5.41, 5.74) is 7.23. The lowest BCUT2D eigenvalue weighted by atomic mass is 10.4. The van der Waals surface area contributed by atoms with E-state index in [-0.39, 0.29) is 0 Å². The Morgan fingerprint density at radius 2 is 1.53 bits per heavy atom. The molecule has 0 fully saturated rings. The molecule has 17 heavy (non-hydrogen) atoms. The van der Waals surface area contributed by atoms with Crippen LogP contribution in [0.1, 0.15) is 13.3 Å². The van der Waals surface area contributed by atoms with Gasteiger partial charge in [0.2, 0.25) is 0 Å². The lowest BCUT2D eigenvalue weighted by Gasteiger charge is -2.01. The molecule has 0 aliphatic heterocycles. The van der Waals surface area contributed by atoms with Crippen molar-refractivity contribution in [2.24, 2.45) is 0 Å². The summed E-state index contributed by atoms with van der Waals surface area (Å²) in [5, 5.41) is 3.25. The number of anilines is 2. The predicted molar refractivity (Wildman–Crippen MR) is 71.7 cm³/mol. The minimum atomic E-state index is 0.759. The van der Waals surface area contributed by atoms with Crippen molar-refractivity contribution >= 4 is 11.4 Å². The van der Waals surface area contributed by atoms with Gasteiger partial charge in [0, 0.05) is 42.7 Å². The third kappa shape index (κ3) is 6.14. The first-order valence-corrected chi connectivity index (χ1v) is 5.62. The van der Waals surface area contributed by atoms with Gasteiger partial charge in [-0.3, -0.25) is 9.97 Å². The molecule has 0 aliphatic rings. The van der Waals surface area contributed by atoms with E-state index < -0.39 is 0 Å². The molecule has 0 unspecified atom stereocenters. The first kappa shape index (κ1) is 13.0. The van der Waals surface area contributed by atoms with Crippen molar-refractivity contribution in [3.8, 4) is 0 Å². The molecule has 2 aromatic rings. The monoisotopic (exact) mass is 230 g/mol. The number of nitrogens with zero attached hydrogens (tertiary/aromatic N) is 2. The van der Waals surface area contributed by atoms with E-state index in [9.17, 15) is 0 Å². The van der Waals surface area contributed by atoms with Crippen LogP contribution in [0.3, 0.4) is 0 Å². The summed E-state index contributed by atoms with van der Waals surface area (Å²) in [4.78, 5) is 7.68. The molecule has 0 saturated heterocycles. The van der Waals surface area contributed by atoms with Crippen molar-refractivity contribution in [2.75, 3.05) is 17.6 Å². The molecule has 4 nitrogen and oxygen atoms in total. The zero-order valence-corrected chi connectivity index (χ0v) is 10.0. The number of nitrogen functional groups attached to an aromatic ring is 1. The van der Waals surface area contributed by atoms with Crippen molar-refractivity contribution in [2.45, 2.75) is 13.3 Å². The predicted octanol–water partition coefficient (Wildman–Crippen LogP) is 2.57. The lowest BCUT2D eigenvalue weighted by Crippen LogP contribution is -1.98. The molecule has 0 amide bonds. The van der Waals surface area contributed by atoms with E-state index in [0.717, 1.165) is 24.3 Å². The second kappa shape index (κ2) is 8.10. The summed E-state index contributed by atoms with van der Waals surface area (Å²) < 4.78 is 0. The third-order valence-electron chi connectivity index (χ3n) is 1.97. The topological polar surface area (TPSA) is 63.8 Å². The van der Waals surface area contributed by atoms with Crippen LogP contribution in [-0.4, -0.2) is 16.5 Å². The molecule has 0 radical (unpaired) electrons. The van der Waals surface area contributed by atoms with Gasteiger partial charge in [-0.2, -0.15) is 0 Å². The van der Waals surface area contributed by atoms with E-state index >= 15 is 0 Å². The van der Waals surface area contributed by atoms with E-state index in [1.807, 2.05) is 12.1 Å². The zero-order valence-electron chi connectivity index (χ0n) is 10.0. The van der Waals surface area contributed by atoms with Gasteiger partial charge in [-0.05, 0) is 30.7 Å². The molecular weight excluding hydrogens is 212 g/mol. The summed E-state index contributed by atoms with van der Waals surface area (Å²) in [6, 6.07) is 7.44. The van der Waals surface area contributed by atoms with E-state index in [1.165, 1.54) is 0 Å². The van der Waals surface area contributed by atoms with Crippen LogP contribution in [0.2, 0.25) is 0 Å². The van der Waals surface area contributed by atoms with E-state index in [2.05, 4.69) is 22.2 Å². The molecule has 2 heterocycles. The fraction of sp³-hybridized carbons (Fsp3) is 0.231. The Bertz CT molecular complexity index is 389. The van der Waals surface area contributed by atoms with Gasteiger partial charge in [0.1, 0.15) is 0 Å². The molecule has 4 heteroatoms. The fourth-order valence-corrected chi connectivity index (χ4v) is 1.10. The average Bonchev–Trinajstić information content (AvgIpc) is 2.39. The lowest BCUT2D eigenvalue weighted by molar-refractivity contribution is 0.979. The molecule has 0 spiro atoms. The Morgan fingerprint density at radius 3 is 1.94 bits per heavy atom. The molecule has 90 valence electrons. The van der Waals surface area contributed by atoms with Crippen LogP contribution in [0, 0.1) is 0 Å². The second-order valence-electron chi connectivity index (χ2n) is 3.44. The van der Waals surface area contributed by atoms with Crippen LogP contribution in [0.15, 0.2) is 49.1 Å². The SMILES string of the molecule is CCCNc1ccncc1.Nc1ccncc1. The summed E-state index contributed by atoms with van der Waals surface area (Å²) >= 11 is 0. The van der Waals surface area contributed by atoms with E-state index in [1.54, 1.807) is 36.9 Å². The summed E-state index contributed by atoms with van der Waals surface area (Å²) in [7, 11) is 0. The van der Waals surface area contributed by atoms with E-state index in [4.69, 9.17) is 5.73 Å².